The lowest BCUT2D eigenvalue weighted by Gasteiger charge is -2.13. The molecule has 0 atom stereocenters. The number of nitro groups is 1. The van der Waals surface area contributed by atoms with Crippen molar-refractivity contribution in [3.8, 4) is 0 Å². The molecule has 0 bridgehead atoms. The molecule has 2 aromatic rings. The van der Waals surface area contributed by atoms with E-state index in [4.69, 9.17) is 0 Å². The van der Waals surface area contributed by atoms with Gasteiger partial charge in [0.2, 0.25) is 5.95 Å². The molecule has 29 heavy (non-hydrogen) atoms. The van der Waals surface area contributed by atoms with E-state index in [-0.39, 0.29) is 18.9 Å². The van der Waals surface area contributed by atoms with Crippen LogP contribution in [0.2, 0.25) is 0 Å². The maximum Gasteiger partial charge on any atom is 0.418 e. The van der Waals surface area contributed by atoms with Gasteiger partial charge in [0.15, 0.2) is 6.61 Å². The number of anilines is 2. The number of benzene rings is 1. The molecule has 0 fully saturated rings. The van der Waals surface area contributed by atoms with E-state index in [1.807, 2.05) is 5.32 Å². The summed E-state index contributed by atoms with van der Waals surface area (Å²) in [6.45, 7) is -0.708. The average Bonchev–Trinajstić information content (AvgIpc) is 2.66. The zero-order valence-electron chi connectivity index (χ0n) is 14.6. The summed E-state index contributed by atoms with van der Waals surface area (Å²) in [7, 11) is 0. The van der Waals surface area contributed by atoms with Crippen LogP contribution in [0, 0.1) is 10.1 Å². The maximum atomic E-state index is 13.1. The van der Waals surface area contributed by atoms with Gasteiger partial charge in [-0.1, -0.05) is 0 Å². The van der Waals surface area contributed by atoms with E-state index >= 15 is 0 Å². The number of nitrogens with one attached hydrogen (secondary N) is 2. The lowest BCUT2D eigenvalue weighted by Crippen LogP contribution is -2.23. The molecule has 13 heteroatoms. The summed E-state index contributed by atoms with van der Waals surface area (Å²) in [6.07, 6.45) is -2.09. The molecule has 0 spiro atoms. The Labute approximate surface area is 161 Å². The summed E-state index contributed by atoms with van der Waals surface area (Å²) in [5, 5.41) is 15.3. The number of alkyl halides is 3. The highest BCUT2D eigenvalue weighted by Crippen LogP contribution is 2.37. The second-order valence-electron chi connectivity index (χ2n) is 5.44. The fourth-order valence-corrected chi connectivity index (χ4v) is 2.06. The van der Waals surface area contributed by atoms with Crippen molar-refractivity contribution in [2.45, 2.75) is 12.6 Å². The molecule has 0 aliphatic rings. The van der Waals surface area contributed by atoms with E-state index in [2.05, 4.69) is 20.0 Å². The van der Waals surface area contributed by atoms with Gasteiger partial charge >= 0.3 is 12.1 Å². The quantitative estimate of drug-likeness (QED) is 0.382. The van der Waals surface area contributed by atoms with Gasteiger partial charge in [-0.2, -0.15) is 13.2 Å². The molecule has 0 aliphatic carbocycles. The molecule has 0 saturated heterocycles. The lowest BCUT2D eigenvalue weighted by molar-refractivity contribution is -0.385. The predicted molar refractivity (Wildman–Crippen MR) is 92.8 cm³/mol. The number of nitro benzene ring substituents is 1. The molecule has 1 amide bonds. The zero-order valence-corrected chi connectivity index (χ0v) is 14.6. The molecule has 0 radical (unpaired) electrons. The van der Waals surface area contributed by atoms with Crippen LogP contribution in [0.3, 0.4) is 0 Å². The van der Waals surface area contributed by atoms with Gasteiger partial charge in [-0.25, -0.2) is 9.97 Å². The Morgan fingerprint density at radius 1 is 1.21 bits per heavy atom. The molecule has 1 heterocycles. The Bertz CT molecular complexity index is 892. The van der Waals surface area contributed by atoms with Crippen molar-refractivity contribution in [1.29, 1.82) is 0 Å². The molecular formula is C16H14F3N5O5. The average molecular weight is 413 g/mol. The van der Waals surface area contributed by atoms with Crippen LogP contribution in [-0.2, 0) is 20.5 Å². The van der Waals surface area contributed by atoms with Crippen LogP contribution in [0.1, 0.15) is 12.0 Å². The Kier molecular flexibility index (Phi) is 7.00. The summed E-state index contributed by atoms with van der Waals surface area (Å²) < 4.78 is 43.9. The van der Waals surface area contributed by atoms with Gasteiger partial charge in [0.05, 0.1) is 22.6 Å². The van der Waals surface area contributed by atoms with Gasteiger partial charge in [-0.3, -0.25) is 19.7 Å². The Morgan fingerprint density at radius 2 is 1.90 bits per heavy atom. The van der Waals surface area contributed by atoms with Crippen molar-refractivity contribution < 1.29 is 32.4 Å². The second-order valence-corrected chi connectivity index (χ2v) is 5.44. The first-order valence-corrected chi connectivity index (χ1v) is 7.99. The van der Waals surface area contributed by atoms with Crippen LogP contribution in [0.15, 0.2) is 36.7 Å². The van der Waals surface area contributed by atoms with Crippen LogP contribution in [0.4, 0.5) is 30.5 Å². The second kappa shape index (κ2) is 9.43. The molecule has 1 aromatic carbocycles. The van der Waals surface area contributed by atoms with Crippen molar-refractivity contribution in [3.63, 3.8) is 0 Å². The minimum Gasteiger partial charge on any atom is -0.456 e. The SMILES string of the molecule is O=C(COC(=O)CCNc1ncccn1)Nc1ccc([N+](=O)[O-])cc1C(F)(F)F. The summed E-state index contributed by atoms with van der Waals surface area (Å²) in [5.41, 5.74) is -2.86. The van der Waals surface area contributed by atoms with Gasteiger partial charge in [-0.05, 0) is 12.1 Å². The third-order valence-corrected chi connectivity index (χ3v) is 3.34. The zero-order chi connectivity index (χ0) is 21.4. The number of aromatic nitrogens is 2. The van der Waals surface area contributed by atoms with Crippen molar-refractivity contribution >= 4 is 29.2 Å². The Balaban J connectivity index is 1.87. The molecule has 2 rings (SSSR count). The first-order chi connectivity index (χ1) is 13.7. The summed E-state index contributed by atoms with van der Waals surface area (Å²) in [6, 6.07) is 3.48. The minimum atomic E-state index is -4.93. The number of nitrogens with zero attached hydrogens (tertiary/aromatic N) is 3. The third kappa shape index (κ3) is 6.71. The molecule has 154 valence electrons. The van der Waals surface area contributed by atoms with E-state index in [1.54, 1.807) is 6.07 Å². The van der Waals surface area contributed by atoms with Crippen LogP contribution in [0.25, 0.3) is 0 Å². The molecule has 0 saturated carbocycles. The van der Waals surface area contributed by atoms with E-state index in [0.717, 1.165) is 12.1 Å². The predicted octanol–water partition coefficient (Wildman–Crippen LogP) is 2.39. The normalized spacial score (nSPS) is 10.9. The largest absolute Gasteiger partial charge is 0.456 e. The number of hydrogen-bond acceptors (Lipinski definition) is 8. The van der Waals surface area contributed by atoms with Crippen LogP contribution < -0.4 is 10.6 Å². The number of non-ortho nitro benzene ring substituents is 1. The lowest BCUT2D eigenvalue weighted by atomic mass is 10.1. The number of amides is 1. The first-order valence-electron chi connectivity index (χ1n) is 7.99. The molecular weight excluding hydrogens is 399 g/mol. The number of ether oxygens (including phenoxy) is 1. The number of rotatable bonds is 8. The Hall–Kier alpha value is -3.77. The Morgan fingerprint density at radius 3 is 2.52 bits per heavy atom. The number of halogens is 3. The van der Waals surface area contributed by atoms with Gasteiger partial charge < -0.3 is 15.4 Å². The van der Waals surface area contributed by atoms with Gasteiger partial charge in [-0.15, -0.1) is 0 Å². The highest BCUT2D eigenvalue weighted by molar-refractivity contribution is 5.93. The summed E-state index contributed by atoms with van der Waals surface area (Å²) >= 11 is 0. The van der Waals surface area contributed by atoms with E-state index < -0.39 is 46.5 Å². The van der Waals surface area contributed by atoms with Crippen molar-refractivity contribution in [2.24, 2.45) is 0 Å². The van der Waals surface area contributed by atoms with E-state index in [1.165, 1.54) is 12.4 Å². The topological polar surface area (TPSA) is 136 Å². The smallest absolute Gasteiger partial charge is 0.418 e. The van der Waals surface area contributed by atoms with Crippen molar-refractivity contribution in [1.82, 2.24) is 9.97 Å². The number of esters is 1. The monoisotopic (exact) mass is 413 g/mol. The summed E-state index contributed by atoms with van der Waals surface area (Å²) in [5.74, 6) is -1.52. The molecule has 2 N–H and O–H groups in total. The van der Waals surface area contributed by atoms with Gasteiger partial charge in [0.1, 0.15) is 0 Å². The fourth-order valence-electron chi connectivity index (χ4n) is 2.06. The van der Waals surface area contributed by atoms with Crippen LogP contribution in [-0.4, -0.2) is 39.9 Å². The van der Waals surface area contributed by atoms with Crippen molar-refractivity contribution in [3.05, 3.63) is 52.3 Å². The van der Waals surface area contributed by atoms with E-state index in [9.17, 15) is 32.9 Å². The van der Waals surface area contributed by atoms with Crippen molar-refractivity contribution in [2.75, 3.05) is 23.8 Å². The standard InChI is InChI=1S/C16H14F3N5O5/c17-16(18,19)11-8-10(24(27)28)2-3-12(11)23-13(25)9-29-14(26)4-7-22-15-20-5-1-6-21-15/h1-3,5-6,8H,4,7,9H2,(H,23,25)(H,20,21,22). The number of carbonyl (C=O) groups is 2. The first kappa shape index (κ1) is 21.5. The highest BCUT2D eigenvalue weighted by Gasteiger charge is 2.35. The molecule has 10 nitrogen and oxygen atoms in total. The fraction of sp³-hybridized carbons (Fsp3) is 0.250. The number of carbonyl (C=O) groups excluding carboxylic acids is 2. The highest BCUT2D eigenvalue weighted by atomic mass is 19.4. The van der Waals surface area contributed by atoms with E-state index in [0.29, 0.717) is 6.07 Å². The minimum absolute atomic E-state index is 0.116. The number of hydrogen-bond donors (Lipinski definition) is 2. The molecule has 0 unspecified atom stereocenters. The third-order valence-electron chi connectivity index (χ3n) is 3.34. The van der Waals surface area contributed by atoms with Crippen LogP contribution >= 0.6 is 0 Å². The molecule has 1 aromatic heterocycles. The van der Waals surface area contributed by atoms with Gasteiger partial charge in [0, 0.05) is 31.1 Å². The van der Waals surface area contributed by atoms with Crippen LogP contribution in [0.5, 0.6) is 0 Å². The molecule has 0 aliphatic heterocycles. The summed E-state index contributed by atoms with van der Waals surface area (Å²) in [4.78, 5) is 40.8. The maximum absolute atomic E-state index is 13.1. The van der Waals surface area contributed by atoms with Gasteiger partial charge in [0.25, 0.3) is 11.6 Å².